The van der Waals surface area contributed by atoms with Crippen LogP contribution in [0.3, 0.4) is 0 Å². The molecular weight excluding hydrogens is 386 g/mol. The normalized spacial score (nSPS) is 14.4. The lowest BCUT2D eigenvalue weighted by molar-refractivity contribution is 0.335. The second-order valence-corrected chi connectivity index (χ2v) is 7.51. The van der Waals surface area contributed by atoms with E-state index in [1.165, 1.54) is 11.1 Å². The van der Waals surface area contributed by atoms with E-state index in [4.69, 9.17) is 9.47 Å². The first-order valence-corrected chi connectivity index (χ1v) is 10.5. The Morgan fingerprint density at radius 2 is 1.74 bits per heavy atom. The number of para-hydroxylation sites is 1. The highest BCUT2D eigenvalue weighted by Gasteiger charge is 2.12. The zero-order chi connectivity index (χ0) is 21.5. The fraction of sp³-hybridized carbons (Fsp3) is 0.185. The minimum atomic E-state index is 0.160. The summed E-state index contributed by atoms with van der Waals surface area (Å²) in [5, 5.41) is 9.69. The Morgan fingerprint density at radius 3 is 2.45 bits per heavy atom. The molecule has 0 atom stereocenters. The summed E-state index contributed by atoms with van der Waals surface area (Å²) >= 11 is 0. The van der Waals surface area contributed by atoms with Gasteiger partial charge in [-0.3, -0.25) is 4.90 Å². The minimum absolute atomic E-state index is 0.160. The predicted molar refractivity (Wildman–Crippen MR) is 126 cm³/mol. The Balaban J connectivity index is 1.31. The van der Waals surface area contributed by atoms with Crippen LogP contribution in [0.1, 0.15) is 17.5 Å². The second kappa shape index (κ2) is 10.0. The van der Waals surface area contributed by atoms with Gasteiger partial charge in [-0.25, -0.2) is 0 Å². The molecule has 0 bridgehead atoms. The Kier molecular flexibility index (Phi) is 6.70. The average Bonchev–Trinajstić information content (AvgIpc) is 2.82. The molecule has 0 unspecified atom stereocenters. The fourth-order valence-electron chi connectivity index (χ4n) is 3.64. The van der Waals surface area contributed by atoms with E-state index in [1.54, 1.807) is 13.2 Å². The molecule has 0 radical (unpaired) electrons. The van der Waals surface area contributed by atoms with E-state index in [0.717, 1.165) is 43.1 Å². The van der Waals surface area contributed by atoms with Crippen LogP contribution < -0.4 is 9.47 Å². The Hall–Kier alpha value is -3.50. The van der Waals surface area contributed by atoms with E-state index in [0.29, 0.717) is 5.75 Å². The summed E-state index contributed by atoms with van der Waals surface area (Å²) in [6.07, 6.45) is 7.56. The van der Waals surface area contributed by atoms with Crippen LogP contribution in [-0.4, -0.2) is 36.8 Å². The van der Waals surface area contributed by atoms with Gasteiger partial charge in [0, 0.05) is 19.6 Å². The number of nitrogens with zero attached hydrogens (tertiary/aromatic N) is 1. The van der Waals surface area contributed by atoms with E-state index in [1.807, 2.05) is 54.6 Å². The molecule has 0 saturated carbocycles. The van der Waals surface area contributed by atoms with Gasteiger partial charge in [0.2, 0.25) is 0 Å². The average molecular weight is 414 g/mol. The number of methoxy groups -OCH3 is 1. The van der Waals surface area contributed by atoms with E-state index in [9.17, 15) is 5.11 Å². The smallest absolute Gasteiger partial charge is 0.161 e. The van der Waals surface area contributed by atoms with E-state index in [2.05, 4.69) is 35.3 Å². The highest BCUT2D eigenvalue weighted by atomic mass is 16.5. The topological polar surface area (TPSA) is 41.9 Å². The van der Waals surface area contributed by atoms with Crippen molar-refractivity contribution in [2.75, 3.05) is 26.7 Å². The largest absolute Gasteiger partial charge is 0.504 e. The van der Waals surface area contributed by atoms with Crippen LogP contribution >= 0.6 is 0 Å². The quantitative estimate of drug-likeness (QED) is 0.516. The molecule has 0 aromatic heterocycles. The van der Waals surface area contributed by atoms with Crippen molar-refractivity contribution < 1.29 is 14.6 Å². The Bertz CT molecular complexity index is 1060. The van der Waals surface area contributed by atoms with E-state index >= 15 is 0 Å². The van der Waals surface area contributed by atoms with Crippen molar-refractivity contribution in [1.82, 2.24) is 4.90 Å². The van der Waals surface area contributed by atoms with Gasteiger partial charge in [0.1, 0.15) is 11.5 Å². The Morgan fingerprint density at radius 1 is 0.968 bits per heavy atom. The maximum atomic E-state index is 9.69. The third-order valence-corrected chi connectivity index (χ3v) is 5.37. The monoisotopic (exact) mass is 413 g/mol. The van der Waals surface area contributed by atoms with Crippen LogP contribution in [0.2, 0.25) is 0 Å². The summed E-state index contributed by atoms with van der Waals surface area (Å²) in [7, 11) is 1.56. The molecule has 1 heterocycles. The van der Waals surface area contributed by atoms with Crippen LogP contribution in [0.15, 0.2) is 84.9 Å². The van der Waals surface area contributed by atoms with Gasteiger partial charge in [0.25, 0.3) is 0 Å². The van der Waals surface area contributed by atoms with Crippen LogP contribution in [0.5, 0.6) is 23.0 Å². The number of phenolic OH excluding ortho intramolecular Hbond substituents is 1. The molecule has 1 aliphatic heterocycles. The maximum Gasteiger partial charge on any atom is 0.161 e. The second-order valence-electron chi connectivity index (χ2n) is 7.51. The molecule has 3 aromatic carbocycles. The molecule has 0 amide bonds. The fourth-order valence-corrected chi connectivity index (χ4v) is 3.64. The van der Waals surface area contributed by atoms with Crippen LogP contribution in [-0.2, 0) is 0 Å². The molecule has 0 fully saturated rings. The van der Waals surface area contributed by atoms with Gasteiger partial charge in [-0.05, 0) is 59.5 Å². The molecule has 1 aliphatic rings. The molecule has 0 aliphatic carbocycles. The highest BCUT2D eigenvalue weighted by molar-refractivity contribution is 5.67. The zero-order valence-corrected chi connectivity index (χ0v) is 17.7. The molecular formula is C27H27NO3. The van der Waals surface area contributed by atoms with E-state index < -0.39 is 0 Å². The van der Waals surface area contributed by atoms with Crippen molar-refractivity contribution in [3.63, 3.8) is 0 Å². The zero-order valence-electron chi connectivity index (χ0n) is 17.7. The molecule has 4 heteroatoms. The summed E-state index contributed by atoms with van der Waals surface area (Å²) in [6, 6.07) is 23.6. The number of hydrogen-bond donors (Lipinski definition) is 1. The lowest BCUT2D eigenvalue weighted by atomic mass is 9.99. The predicted octanol–water partition coefficient (Wildman–Crippen LogP) is 6.00. The Labute approximate surface area is 183 Å². The molecule has 3 aromatic rings. The minimum Gasteiger partial charge on any atom is -0.504 e. The summed E-state index contributed by atoms with van der Waals surface area (Å²) in [6.45, 7) is 2.84. The standard InChI is InChI=1S/C27H27NO3/c1-30-27-20-21(9-14-26(27)29)6-5-17-28-18-15-23(16-19-28)22-10-12-25(13-11-22)31-24-7-3-2-4-8-24/h2-15,20,29H,16-19H2,1H3. The lowest BCUT2D eigenvalue weighted by Crippen LogP contribution is -2.28. The van der Waals surface area contributed by atoms with Gasteiger partial charge in [-0.2, -0.15) is 0 Å². The van der Waals surface area contributed by atoms with Crippen molar-refractivity contribution in [2.45, 2.75) is 6.42 Å². The number of rotatable bonds is 7. The summed E-state index contributed by atoms with van der Waals surface area (Å²) in [5.41, 5.74) is 3.65. The molecule has 158 valence electrons. The maximum absolute atomic E-state index is 9.69. The van der Waals surface area contributed by atoms with Gasteiger partial charge in [-0.1, -0.05) is 54.6 Å². The van der Waals surface area contributed by atoms with Gasteiger partial charge >= 0.3 is 0 Å². The summed E-state index contributed by atoms with van der Waals surface area (Å²) < 4.78 is 11.0. The van der Waals surface area contributed by atoms with Gasteiger partial charge < -0.3 is 14.6 Å². The van der Waals surface area contributed by atoms with Crippen molar-refractivity contribution in [3.05, 3.63) is 96.1 Å². The third-order valence-electron chi connectivity index (χ3n) is 5.37. The summed E-state index contributed by atoms with van der Waals surface area (Å²) in [4.78, 5) is 2.41. The first kappa shape index (κ1) is 20.8. The molecule has 4 rings (SSSR count). The van der Waals surface area contributed by atoms with Crippen LogP contribution in [0.25, 0.3) is 11.6 Å². The van der Waals surface area contributed by atoms with Crippen LogP contribution in [0, 0.1) is 0 Å². The molecule has 0 spiro atoms. The van der Waals surface area contributed by atoms with Crippen molar-refractivity contribution in [3.8, 4) is 23.0 Å². The molecule has 4 nitrogen and oxygen atoms in total. The van der Waals surface area contributed by atoms with E-state index in [-0.39, 0.29) is 5.75 Å². The molecule has 0 saturated heterocycles. The summed E-state index contributed by atoms with van der Waals surface area (Å²) in [5.74, 6) is 2.35. The van der Waals surface area contributed by atoms with Gasteiger partial charge in [0.15, 0.2) is 11.5 Å². The highest BCUT2D eigenvalue weighted by Crippen LogP contribution is 2.28. The molecule has 31 heavy (non-hydrogen) atoms. The number of aromatic hydroxyl groups is 1. The number of benzene rings is 3. The van der Waals surface area contributed by atoms with Gasteiger partial charge in [0.05, 0.1) is 7.11 Å². The molecule has 1 N–H and O–H groups in total. The van der Waals surface area contributed by atoms with Gasteiger partial charge in [-0.15, -0.1) is 0 Å². The number of hydrogen-bond acceptors (Lipinski definition) is 4. The number of ether oxygens (including phenoxy) is 2. The van der Waals surface area contributed by atoms with Crippen molar-refractivity contribution in [1.29, 1.82) is 0 Å². The third kappa shape index (κ3) is 5.56. The van der Waals surface area contributed by atoms with Crippen molar-refractivity contribution >= 4 is 11.6 Å². The first-order chi connectivity index (χ1) is 15.2. The first-order valence-electron chi connectivity index (χ1n) is 10.5. The number of phenols is 1. The lowest BCUT2D eigenvalue weighted by Gasteiger charge is -2.25. The van der Waals surface area contributed by atoms with Crippen molar-refractivity contribution in [2.24, 2.45) is 0 Å². The SMILES string of the molecule is COc1cc(C=CCN2CC=C(c3ccc(Oc4ccccc4)cc3)CC2)ccc1O. The van der Waals surface area contributed by atoms with Crippen LogP contribution in [0.4, 0.5) is 0 Å².